The third-order valence-corrected chi connectivity index (χ3v) is 6.68. The SMILES string of the molecule is CC1CCN(C(=O)C2CCCN2c2ncnc3sccc23)c2ccccc21. The van der Waals surface area contributed by atoms with Crippen LogP contribution < -0.4 is 9.80 Å². The van der Waals surface area contributed by atoms with Gasteiger partial charge in [0.2, 0.25) is 5.91 Å². The Labute approximate surface area is 162 Å². The number of fused-ring (bicyclic) bond motifs is 2. The standard InChI is InChI=1S/C21H22N4OS/c1-14-8-11-25(17-6-3-2-5-15(14)17)21(26)18-7-4-10-24(18)19-16-9-12-27-20(16)23-13-22-19/h2-3,5-6,9,12-14,18H,4,7-8,10-11H2,1H3. The van der Waals surface area contributed by atoms with Crippen LogP contribution in [0.5, 0.6) is 0 Å². The van der Waals surface area contributed by atoms with Gasteiger partial charge in [-0.05, 0) is 48.3 Å². The third kappa shape index (κ3) is 2.70. The second kappa shape index (κ2) is 6.60. The third-order valence-electron chi connectivity index (χ3n) is 5.86. The molecule has 1 aromatic carbocycles. The second-order valence-corrected chi connectivity index (χ2v) is 8.32. The quantitative estimate of drug-likeness (QED) is 0.671. The summed E-state index contributed by atoms with van der Waals surface area (Å²) in [4.78, 5) is 27.7. The highest BCUT2D eigenvalue weighted by molar-refractivity contribution is 7.16. The van der Waals surface area contributed by atoms with Crippen molar-refractivity contribution in [2.45, 2.75) is 38.1 Å². The van der Waals surface area contributed by atoms with Gasteiger partial charge in [0.25, 0.3) is 0 Å². The van der Waals surface area contributed by atoms with E-state index >= 15 is 0 Å². The van der Waals surface area contributed by atoms with E-state index in [4.69, 9.17) is 0 Å². The summed E-state index contributed by atoms with van der Waals surface area (Å²) in [5, 5.41) is 3.09. The maximum absolute atomic E-state index is 13.6. The van der Waals surface area contributed by atoms with Gasteiger partial charge in [0, 0.05) is 18.8 Å². The predicted molar refractivity (Wildman–Crippen MR) is 110 cm³/mol. The molecular weight excluding hydrogens is 356 g/mol. The molecule has 2 atom stereocenters. The van der Waals surface area contributed by atoms with Crippen LogP contribution in [0, 0.1) is 0 Å². The minimum absolute atomic E-state index is 0.149. The van der Waals surface area contributed by atoms with Crippen molar-refractivity contribution in [1.29, 1.82) is 0 Å². The van der Waals surface area contributed by atoms with E-state index < -0.39 is 0 Å². The van der Waals surface area contributed by atoms with E-state index in [1.165, 1.54) is 5.56 Å². The Kier molecular flexibility index (Phi) is 4.08. The van der Waals surface area contributed by atoms with E-state index in [-0.39, 0.29) is 11.9 Å². The Morgan fingerprint density at radius 1 is 1.15 bits per heavy atom. The molecule has 3 aromatic rings. The molecule has 4 heterocycles. The number of aromatic nitrogens is 2. The number of benzene rings is 1. The van der Waals surface area contributed by atoms with Gasteiger partial charge in [-0.3, -0.25) is 4.79 Å². The van der Waals surface area contributed by atoms with Crippen molar-refractivity contribution in [1.82, 2.24) is 9.97 Å². The van der Waals surface area contributed by atoms with Gasteiger partial charge < -0.3 is 9.80 Å². The number of carbonyl (C=O) groups is 1. The average molecular weight is 379 g/mol. The van der Waals surface area contributed by atoms with Crippen LogP contribution in [0.4, 0.5) is 11.5 Å². The summed E-state index contributed by atoms with van der Waals surface area (Å²) in [6.07, 6.45) is 4.52. The Morgan fingerprint density at radius 3 is 2.96 bits per heavy atom. The van der Waals surface area contributed by atoms with E-state index in [2.05, 4.69) is 46.1 Å². The topological polar surface area (TPSA) is 49.3 Å². The lowest BCUT2D eigenvalue weighted by atomic mass is 9.91. The van der Waals surface area contributed by atoms with E-state index in [0.29, 0.717) is 5.92 Å². The fraction of sp³-hybridized carbons (Fsp3) is 0.381. The summed E-state index contributed by atoms with van der Waals surface area (Å²) in [5.41, 5.74) is 2.36. The van der Waals surface area contributed by atoms with E-state index in [9.17, 15) is 4.79 Å². The highest BCUT2D eigenvalue weighted by atomic mass is 32.1. The Hall–Kier alpha value is -2.47. The summed E-state index contributed by atoms with van der Waals surface area (Å²) in [6.45, 7) is 3.90. The molecule has 1 amide bonds. The van der Waals surface area contributed by atoms with Crippen LogP contribution in [-0.2, 0) is 4.79 Å². The van der Waals surface area contributed by atoms with Crippen LogP contribution in [-0.4, -0.2) is 35.0 Å². The first kappa shape index (κ1) is 16.7. The zero-order chi connectivity index (χ0) is 18.4. The van der Waals surface area contributed by atoms with Crippen molar-refractivity contribution in [3.8, 4) is 0 Å². The number of thiophene rings is 1. The molecule has 27 heavy (non-hydrogen) atoms. The molecule has 138 valence electrons. The summed E-state index contributed by atoms with van der Waals surface area (Å²) < 4.78 is 0. The highest BCUT2D eigenvalue weighted by Crippen LogP contribution is 2.37. The molecule has 0 aliphatic carbocycles. The van der Waals surface area contributed by atoms with Crippen LogP contribution in [0.3, 0.4) is 0 Å². The molecule has 1 saturated heterocycles. The predicted octanol–water partition coefficient (Wildman–Crippen LogP) is 4.20. The lowest BCUT2D eigenvalue weighted by molar-refractivity contribution is -0.119. The maximum Gasteiger partial charge on any atom is 0.249 e. The van der Waals surface area contributed by atoms with Gasteiger partial charge in [-0.1, -0.05) is 25.1 Å². The van der Waals surface area contributed by atoms with Crippen LogP contribution in [0.25, 0.3) is 10.2 Å². The van der Waals surface area contributed by atoms with Crippen molar-refractivity contribution < 1.29 is 4.79 Å². The van der Waals surface area contributed by atoms with Crippen molar-refractivity contribution in [2.75, 3.05) is 22.9 Å². The number of para-hydroxylation sites is 1. The van der Waals surface area contributed by atoms with Gasteiger partial charge >= 0.3 is 0 Å². The van der Waals surface area contributed by atoms with E-state index in [1.807, 2.05) is 16.3 Å². The molecule has 0 N–H and O–H groups in total. The Bertz CT molecular complexity index is 1000. The van der Waals surface area contributed by atoms with E-state index in [0.717, 1.165) is 54.1 Å². The number of rotatable bonds is 2. The molecular formula is C21H22N4OS. The fourth-order valence-corrected chi connectivity index (χ4v) is 5.17. The molecule has 2 aliphatic rings. The second-order valence-electron chi connectivity index (χ2n) is 7.43. The van der Waals surface area contributed by atoms with Crippen LogP contribution in [0.15, 0.2) is 42.0 Å². The number of hydrogen-bond acceptors (Lipinski definition) is 5. The molecule has 0 radical (unpaired) electrons. The van der Waals surface area contributed by atoms with Crippen molar-refractivity contribution in [3.63, 3.8) is 0 Å². The first-order valence-corrected chi connectivity index (χ1v) is 10.5. The van der Waals surface area contributed by atoms with Gasteiger partial charge in [0.1, 0.15) is 23.0 Å². The molecule has 0 spiro atoms. The lowest BCUT2D eigenvalue weighted by Crippen LogP contribution is -2.48. The molecule has 2 unspecified atom stereocenters. The molecule has 0 bridgehead atoms. The number of amides is 1. The fourth-order valence-electron chi connectivity index (χ4n) is 4.44. The molecule has 2 aromatic heterocycles. The largest absolute Gasteiger partial charge is 0.344 e. The van der Waals surface area contributed by atoms with Crippen LogP contribution in [0.2, 0.25) is 0 Å². The highest BCUT2D eigenvalue weighted by Gasteiger charge is 2.37. The maximum atomic E-state index is 13.6. The van der Waals surface area contributed by atoms with E-state index in [1.54, 1.807) is 17.7 Å². The van der Waals surface area contributed by atoms with Crippen LogP contribution in [0.1, 0.15) is 37.7 Å². The average Bonchev–Trinajstić information content (AvgIpc) is 3.37. The van der Waals surface area contributed by atoms with Crippen LogP contribution >= 0.6 is 11.3 Å². The normalized spacial score (nSPS) is 22.3. The summed E-state index contributed by atoms with van der Waals surface area (Å²) in [7, 11) is 0. The molecule has 6 heteroatoms. The van der Waals surface area contributed by atoms with Gasteiger partial charge in [-0.15, -0.1) is 11.3 Å². The van der Waals surface area contributed by atoms with Gasteiger partial charge in [0.05, 0.1) is 5.39 Å². The minimum Gasteiger partial charge on any atom is -0.344 e. The lowest BCUT2D eigenvalue weighted by Gasteiger charge is -2.36. The first-order chi connectivity index (χ1) is 13.2. The number of carbonyl (C=O) groups excluding carboxylic acids is 1. The number of anilines is 2. The number of nitrogens with zero attached hydrogens (tertiary/aromatic N) is 4. The summed E-state index contributed by atoms with van der Waals surface area (Å²) in [5.74, 6) is 1.60. The van der Waals surface area contributed by atoms with Crippen molar-refractivity contribution in [2.24, 2.45) is 0 Å². The molecule has 1 fully saturated rings. The zero-order valence-electron chi connectivity index (χ0n) is 15.3. The molecule has 2 aliphatic heterocycles. The molecule has 5 rings (SSSR count). The van der Waals surface area contributed by atoms with Gasteiger partial charge in [0.15, 0.2) is 0 Å². The minimum atomic E-state index is -0.149. The summed E-state index contributed by atoms with van der Waals surface area (Å²) >= 11 is 1.62. The zero-order valence-corrected chi connectivity index (χ0v) is 16.2. The van der Waals surface area contributed by atoms with Gasteiger partial charge in [-0.2, -0.15) is 0 Å². The number of hydrogen-bond donors (Lipinski definition) is 0. The first-order valence-electron chi connectivity index (χ1n) is 9.59. The monoisotopic (exact) mass is 378 g/mol. The van der Waals surface area contributed by atoms with Gasteiger partial charge in [-0.25, -0.2) is 9.97 Å². The Morgan fingerprint density at radius 2 is 2.04 bits per heavy atom. The summed E-state index contributed by atoms with van der Waals surface area (Å²) in [6, 6.07) is 10.3. The molecule has 5 nitrogen and oxygen atoms in total. The van der Waals surface area contributed by atoms with Crippen molar-refractivity contribution in [3.05, 3.63) is 47.6 Å². The molecule has 0 saturated carbocycles. The Balaban J connectivity index is 1.50. The van der Waals surface area contributed by atoms with Crippen molar-refractivity contribution >= 4 is 39.0 Å². The smallest absolute Gasteiger partial charge is 0.249 e.